The lowest BCUT2D eigenvalue weighted by molar-refractivity contribution is -0.139. The number of carbonyl (C=O) groups is 2. The molecule has 0 aliphatic heterocycles. The van der Waals surface area contributed by atoms with Crippen molar-refractivity contribution >= 4 is 29.0 Å². The second-order valence-corrected chi connectivity index (χ2v) is 4.11. The van der Waals surface area contributed by atoms with Gasteiger partial charge in [-0.25, -0.2) is 0 Å². The summed E-state index contributed by atoms with van der Waals surface area (Å²) in [6.07, 6.45) is 0.842. The average molecular weight is 231 g/mol. The molecule has 0 rings (SSSR count). The Morgan fingerprint density at radius 3 is 2.27 bits per heavy atom. The Balaban J connectivity index is 3.70. The van der Waals surface area contributed by atoms with E-state index in [9.17, 15) is 9.59 Å². The molecule has 0 aromatic rings. The lowest BCUT2D eigenvalue weighted by Gasteiger charge is -2.07. The molecule has 4 N–H and O–H groups in total. The van der Waals surface area contributed by atoms with Gasteiger partial charge in [0.2, 0.25) is 0 Å². The van der Waals surface area contributed by atoms with Crippen LogP contribution in [0.2, 0.25) is 0 Å². The predicted octanol–water partition coefficient (Wildman–Crippen LogP) is -0.449. The van der Waals surface area contributed by atoms with Gasteiger partial charge in [-0.05, 0) is 12.3 Å². The molecule has 2 amide bonds. The SMILES string of the molecule is CC(C)CCNC(=O)C(=O)NCC(N)=S. The largest absolute Gasteiger partial charge is 0.392 e. The molecular weight excluding hydrogens is 214 g/mol. The molecule has 0 aliphatic carbocycles. The Morgan fingerprint density at radius 2 is 1.80 bits per heavy atom. The van der Waals surface area contributed by atoms with Gasteiger partial charge in [-0.2, -0.15) is 0 Å². The smallest absolute Gasteiger partial charge is 0.309 e. The Hall–Kier alpha value is -1.17. The van der Waals surface area contributed by atoms with E-state index in [1.54, 1.807) is 0 Å². The van der Waals surface area contributed by atoms with Crippen molar-refractivity contribution in [3.8, 4) is 0 Å². The maximum absolute atomic E-state index is 11.1. The third-order valence-corrected chi connectivity index (χ3v) is 1.78. The molecule has 0 aliphatic rings. The van der Waals surface area contributed by atoms with Gasteiger partial charge in [0, 0.05) is 6.54 Å². The lowest BCUT2D eigenvalue weighted by atomic mass is 10.1. The Bertz CT molecular complexity index is 254. The number of nitrogens with two attached hydrogens (primary N) is 1. The van der Waals surface area contributed by atoms with Crippen LogP contribution in [0, 0.1) is 5.92 Å². The van der Waals surface area contributed by atoms with E-state index in [-0.39, 0.29) is 11.5 Å². The molecule has 0 atom stereocenters. The van der Waals surface area contributed by atoms with Gasteiger partial charge < -0.3 is 16.4 Å². The molecule has 15 heavy (non-hydrogen) atoms. The van der Waals surface area contributed by atoms with Crippen LogP contribution in [0.1, 0.15) is 20.3 Å². The molecule has 0 fully saturated rings. The zero-order valence-electron chi connectivity index (χ0n) is 9.00. The van der Waals surface area contributed by atoms with Gasteiger partial charge in [0.05, 0.1) is 11.5 Å². The van der Waals surface area contributed by atoms with Crippen LogP contribution < -0.4 is 16.4 Å². The van der Waals surface area contributed by atoms with Crippen LogP contribution in [-0.4, -0.2) is 29.9 Å². The lowest BCUT2D eigenvalue weighted by Crippen LogP contribution is -2.43. The van der Waals surface area contributed by atoms with Crippen molar-refractivity contribution in [3.05, 3.63) is 0 Å². The molecule has 0 saturated heterocycles. The summed E-state index contributed by atoms with van der Waals surface area (Å²) in [6, 6.07) is 0. The van der Waals surface area contributed by atoms with E-state index < -0.39 is 11.8 Å². The standard InChI is InChI=1S/C9H17N3O2S/c1-6(2)3-4-11-8(13)9(14)12-5-7(10)15/h6H,3-5H2,1-2H3,(H2,10,15)(H,11,13)(H,12,14). The second kappa shape index (κ2) is 7.17. The van der Waals surface area contributed by atoms with E-state index in [1.807, 2.05) is 13.8 Å². The highest BCUT2D eigenvalue weighted by Crippen LogP contribution is 1.95. The van der Waals surface area contributed by atoms with Crippen LogP contribution in [0.15, 0.2) is 0 Å². The number of nitrogens with one attached hydrogen (secondary N) is 2. The molecule has 0 bridgehead atoms. The van der Waals surface area contributed by atoms with E-state index in [2.05, 4.69) is 22.9 Å². The highest BCUT2D eigenvalue weighted by atomic mass is 32.1. The molecule has 0 spiro atoms. The summed E-state index contributed by atoms with van der Waals surface area (Å²) in [7, 11) is 0. The molecule has 0 heterocycles. The van der Waals surface area contributed by atoms with Crippen LogP contribution in [0.3, 0.4) is 0 Å². The van der Waals surface area contributed by atoms with Crippen molar-refractivity contribution in [2.45, 2.75) is 20.3 Å². The van der Waals surface area contributed by atoms with Gasteiger partial charge in [0.1, 0.15) is 0 Å². The summed E-state index contributed by atoms with van der Waals surface area (Å²) in [5, 5.41) is 4.81. The molecule has 0 aromatic carbocycles. The topological polar surface area (TPSA) is 84.2 Å². The van der Waals surface area contributed by atoms with Gasteiger partial charge in [0.15, 0.2) is 0 Å². The fourth-order valence-electron chi connectivity index (χ4n) is 0.802. The molecule has 0 radical (unpaired) electrons. The van der Waals surface area contributed by atoms with Crippen LogP contribution in [0.25, 0.3) is 0 Å². The quantitative estimate of drug-likeness (QED) is 0.442. The Labute approximate surface area is 94.8 Å². The minimum atomic E-state index is -0.702. The van der Waals surface area contributed by atoms with Gasteiger partial charge in [-0.1, -0.05) is 26.1 Å². The first kappa shape index (κ1) is 13.8. The highest BCUT2D eigenvalue weighted by Gasteiger charge is 2.12. The summed E-state index contributed by atoms with van der Waals surface area (Å²) < 4.78 is 0. The number of hydrogen-bond acceptors (Lipinski definition) is 3. The average Bonchev–Trinajstić information content (AvgIpc) is 2.13. The summed E-state index contributed by atoms with van der Waals surface area (Å²) in [5.41, 5.74) is 5.17. The minimum Gasteiger partial charge on any atom is -0.392 e. The van der Waals surface area contributed by atoms with Crippen molar-refractivity contribution in [1.29, 1.82) is 0 Å². The van der Waals surface area contributed by atoms with Gasteiger partial charge in [0.25, 0.3) is 0 Å². The summed E-state index contributed by atoms with van der Waals surface area (Å²) in [4.78, 5) is 22.4. The number of rotatable bonds is 5. The number of thiocarbonyl (C=S) groups is 1. The van der Waals surface area contributed by atoms with Crippen molar-refractivity contribution in [1.82, 2.24) is 10.6 Å². The first-order chi connectivity index (χ1) is 6.93. The zero-order chi connectivity index (χ0) is 11.8. The van der Waals surface area contributed by atoms with E-state index in [0.717, 1.165) is 6.42 Å². The zero-order valence-corrected chi connectivity index (χ0v) is 9.82. The molecule has 0 saturated carbocycles. The maximum Gasteiger partial charge on any atom is 0.309 e. The van der Waals surface area contributed by atoms with Gasteiger partial charge in [-0.3, -0.25) is 9.59 Å². The normalized spacial score (nSPS) is 9.80. The predicted molar refractivity (Wildman–Crippen MR) is 62.3 cm³/mol. The Morgan fingerprint density at radius 1 is 1.27 bits per heavy atom. The molecular formula is C9H17N3O2S. The van der Waals surface area contributed by atoms with Crippen molar-refractivity contribution in [3.63, 3.8) is 0 Å². The van der Waals surface area contributed by atoms with Crippen molar-refractivity contribution < 1.29 is 9.59 Å². The number of carbonyl (C=O) groups excluding carboxylic acids is 2. The maximum atomic E-state index is 11.1. The van der Waals surface area contributed by atoms with E-state index in [4.69, 9.17) is 5.73 Å². The van der Waals surface area contributed by atoms with Crippen molar-refractivity contribution in [2.75, 3.05) is 13.1 Å². The first-order valence-electron chi connectivity index (χ1n) is 4.77. The molecule has 5 nitrogen and oxygen atoms in total. The minimum absolute atomic E-state index is 0.0474. The van der Waals surface area contributed by atoms with E-state index >= 15 is 0 Å². The van der Waals surface area contributed by atoms with Crippen LogP contribution >= 0.6 is 12.2 Å². The van der Waals surface area contributed by atoms with Crippen LogP contribution in [0.5, 0.6) is 0 Å². The van der Waals surface area contributed by atoms with Gasteiger partial charge in [-0.15, -0.1) is 0 Å². The van der Waals surface area contributed by atoms with Crippen molar-refractivity contribution in [2.24, 2.45) is 11.7 Å². The summed E-state index contributed by atoms with van der Waals surface area (Å²) in [5.74, 6) is -0.858. The molecule has 0 unspecified atom stereocenters. The first-order valence-corrected chi connectivity index (χ1v) is 5.18. The highest BCUT2D eigenvalue weighted by molar-refractivity contribution is 7.80. The van der Waals surface area contributed by atoms with Crippen LogP contribution in [0.4, 0.5) is 0 Å². The number of amides is 2. The third kappa shape index (κ3) is 7.87. The van der Waals surface area contributed by atoms with E-state index in [1.165, 1.54) is 0 Å². The Kier molecular flexibility index (Phi) is 6.61. The second-order valence-electron chi connectivity index (χ2n) is 3.59. The number of hydrogen-bond donors (Lipinski definition) is 3. The molecule has 0 aromatic heterocycles. The fourth-order valence-corrected chi connectivity index (χ4v) is 0.874. The summed E-state index contributed by atoms with van der Waals surface area (Å²) >= 11 is 4.55. The third-order valence-electron chi connectivity index (χ3n) is 1.64. The monoisotopic (exact) mass is 231 g/mol. The van der Waals surface area contributed by atoms with Crippen LogP contribution in [-0.2, 0) is 9.59 Å². The van der Waals surface area contributed by atoms with Gasteiger partial charge >= 0.3 is 11.8 Å². The summed E-state index contributed by atoms with van der Waals surface area (Å²) in [6.45, 7) is 4.63. The molecule has 6 heteroatoms. The van der Waals surface area contributed by atoms with E-state index in [0.29, 0.717) is 12.5 Å². The molecule has 86 valence electrons. The fraction of sp³-hybridized carbons (Fsp3) is 0.667.